The van der Waals surface area contributed by atoms with Gasteiger partial charge in [-0.05, 0) is 42.7 Å². The Labute approximate surface area is 220 Å². The van der Waals surface area contributed by atoms with Gasteiger partial charge < -0.3 is 9.52 Å². The summed E-state index contributed by atoms with van der Waals surface area (Å²) in [4.78, 5) is 4.50. The first-order valence-corrected chi connectivity index (χ1v) is 11.9. The van der Waals surface area contributed by atoms with Crippen molar-refractivity contribution in [3.63, 3.8) is 0 Å². The predicted molar refractivity (Wildman–Crippen MR) is 124 cm³/mol. The maximum absolute atomic E-state index is 13.2. The van der Waals surface area contributed by atoms with Crippen molar-refractivity contribution in [3.8, 4) is 11.3 Å². The van der Waals surface area contributed by atoms with E-state index < -0.39 is 36.1 Å². The summed E-state index contributed by atoms with van der Waals surface area (Å²) in [7, 11) is 0. The fourth-order valence-electron chi connectivity index (χ4n) is 3.88. The second-order valence-electron chi connectivity index (χ2n) is 8.76. The first-order valence-electron chi connectivity index (χ1n) is 11.1. The number of nitrogens with zero attached hydrogens (tertiary/aromatic N) is 4. The van der Waals surface area contributed by atoms with Gasteiger partial charge in [-0.2, -0.15) is 26.3 Å². The number of aliphatic hydroxyl groups excluding tert-OH is 1. The molecule has 2 heterocycles. The van der Waals surface area contributed by atoms with Crippen molar-refractivity contribution in [1.29, 1.82) is 0 Å². The van der Waals surface area contributed by atoms with Gasteiger partial charge in [-0.1, -0.05) is 46.6 Å². The second-order valence-corrected chi connectivity index (χ2v) is 9.52. The maximum Gasteiger partial charge on any atom is 0.416 e. The Morgan fingerprint density at radius 1 is 1.00 bits per heavy atom. The summed E-state index contributed by atoms with van der Waals surface area (Å²) in [5.74, 6) is 0.445. The molecule has 1 aliphatic carbocycles. The van der Waals surface area contributed by atoms with Crippen LogP contribution in [0.1, 0.15) is 58.9 Å². The third-order valence-electron chi connectivity index (χ3n) is 5.91. The molecule has 0 aliphatic heterocycles. The van der Waals surface area contributed by atoms with Crippen molar-refractivity contribution in [3.05, 3.63) is 86.7 Å². The lowest BCUT2D eigenvalue weighted by Gasteiger charge is -2.14. The third kappa shape index (κ3) is 5.25. The first-order chi connectivity index (χ1) is 17.8. The predicted octanol–water partition coefficient (Wildman–Crippen LogP) is 7.28. The van der Waals surface area contributed by atoms with E-state index in [-0.39, 0.29) is 39.8 Å². The normalized spacial score (nSPS) is 15.2. The molecule has 1 atom stereocenters. The minimum absolute atomic E-state index is 0.0209. The van der Waals surface area contributed by atoms with E-state index in [0.29, 0.717) is 28.6 Å². The van der Waals surface area contributed by atoms with Crippen LogP contribution in [-0.2, 0) is 18.9 Å². The summed E-state index contributed by atoms with van der Waals surface area (Å²) >= 11 is 12.7. The van der Waals surface area contributed by atoms with Gasteiger partial charge in [-0.25, -0.2) is 9.67 Å². The lowest BCUT2D eigenvalue weighted by Crippen LogP contribution is -2.13. The molecule has 1 N–H and O–H groups in total. The highest BCUT2D eigenvalue weighted by Gasteiger charge is 2.38. The molecule has 0 bridgehead atoms. The molecule has 2 aromatic carbocycles. The van der Waals surface area contributed by atoms with Crippen LogP contribution in [0.4, 0.5) is 26.3 Å². The fourth-order valence-corrected chi connectivity index (χ4v) is 4.34. The van der Waals surface area contributed by atoms with Crippen molar-refractivity contribution in [2.45, 2.75) is 43.8 Å². The third-order valence-corrected chi connectivity index (χ3v) is 6.63. The number of alkyl halides is 6. The molecular weight excluding hydrogens is 561 g/mol. The van der Waals surface area contributed by atoms with Gasteiger partial charge in [0, 0.05) is 11.5 Å². The number of rotatable bonds is 6. The van der Waals surface area contributed by atoms with Crippen LogP contribution in [0.15, 0.2) is 46.9 Å². The highest BCUT2D eigenvalue weighted by molar-refractivity contribution is 6.33. The first kappa shape index (κ1) is 26.5. The highest BCUT2D eigenvalue weighted by Crippen LogP contribution is 2.44. The number of benzene rings is 2. The second kappa shape index (κ2) is 9.58. The summed E-state index contributed by atoms with van der Waals surface area (Å²) in [6.07, 6.45) is -9.92. The summed E-state index contributed by atoms with van der Waals surface area (Å²) in [6, 6.07) is 7.90. The largest absolute Gasteiger partial charge is 0.442 e. The molecule has 0 saturated heterocycles. The minimum atomic E-state index is -5.01. The van der Waals surface area contributed by atoms with Crippen LogP contribution in [0.3, 0.4) is 0 Å². The molecule has 200 valence electrons. The lowest BCUT2D eigenvalue weighted by molar-refractivity contribution is -0.143. The van der Waals surface area contributed by atoms with Gasteiger partial charge in [0.25, 0.3) is 0 Å². The van der Waals surface area contributed by atoms with Crippen LogP contribution < -0.4 is 0 Å². The van der Waals surface area contributed by atoms with Crippen LogP contribution >= 0.6 is 23.2 Å². The lowest BCUT2D eigenvalue weighted by atomic mass is 10.0. The van der Waals surface area contributed by atoms with Gasteiger partial charge in [0.1, 0.15) is 11.4 Å². The smallest absolute Gasteiger partial charge is 0.416 e. The monoisotopic (exact) mass is 576 g/mol. The zero-order valence-corrected chi connectivity index (χ0v) is 20.5. The Bertz CT molecular complexity index is 1460. The molecule has 0 radical (unpaired) electrons. The van der Waals surface area contributed by atoms with Crippen LogP contribution in [0.2, 0.25) is 10.2 Å². The number of hydrogen-bond donors (Lipinski definition) is 1. The molecule has 1 fully saturated rings. The van der Waals surface area contributed by atoms with E-state index in [0.717, 1.165) is 17.5 Å². The van der Waals surface area contributed by atoms with E-state index in [9.17, 15) is 31.4 Å². The number of hydrogen-bond acceptors (Lipinski definition) is 5. The Hall–Kier alpha value is -3.09. The Kier molecular flexibility index (Phi) is 6.69. The standard InChI is InChI=1S/C24H16Cl2F6N4O2/c25-16-4-2-1-3-15(16)17-20(38-22(33-17)12-5-6-12)19(37)18-21(26)36(35-34-18)10-11-7-13(23(27,28)29)9-14(8-11)24(30,31)32/h1-4,7-9,12,19,37H,5-6,10H2. The molecule has 0 spiro atoms. The molecule has 1 unspecified atom stereocenters. The molecule has 1 aliphatic rings. The molecule has 14 heteroatoms. The van der Waals surface area contributed by atoms with E-state index in [2.05, 4.69) is 15.3 Å². The van der Waals surface area contributed by atoms with Crippen LogP contribution in [0, 0.1) is 0 Å². The molecular formula is C24H16Cl2F6N4O2. The number of oxazole rings is 1. The van der Waals surface area contributed by atoms with Gasteiger partial charge >= 0.3 is 12.4 Å². The summed E-state index contributed by atoms with van der Waals surface area (Å²) in [5.41, 5.74) is -2.81. The molecule has 2 aromatic heterocycles. The van der Waals surface area contributed by atoms with Crippen molar-refractivity contribution in [2.75, 3.05) is 0 Å². The molecule has 38 heavy (non-hydrogen) atoms. The fraction of sp³-hybridized carbons (Fsp3) is 0.292. The van der Waals surface area contributed by atoms with Crippen molar-refractivity contribution in [1.82, 2.24) is 20.0 Å². The molecule has 6 nitrogen and oxygen atoms in total. The van der Waals surface area contributed by atoms with Crippen LogP contribution in [0.5, 0.6) is 0 Å². The Balaban J connectivity index is 1.50. The average Bonchev–Trinajstić information content (AvgIpc) is 3.50. The van der Waals surface area contributed by atoms with Crippen molar-refractivity contribution in [2.24, 2.45) is 0 Å². The number of halogens is 8. The summed E-state index contributed by atoms with van der Waals surface area (Å²) in [5, 5.41) is 18.7. The average molecular weight is 577 g/mol. The number of aliphatic hydroxyl groups is 1. The summed E-state index contributed by atoms with van der Waals surface area (Å²) in [6.45, 7) is -0.577. The zero-order valence-electron chi connectivity index (χ0n) is 19.0. The van der Waals surface area contributed by atoms with Gasteiger partial charge in [0.2, 0.25) is 0 Å². The maximum atomic E-state index is 13.2. The van der Waals surface area contributed by atoms with Crippen molar-refractivity contribution < 1.29 is 35.9 Å². The molecule has 0 amide bonds. The van der Waals surface area contributed by atoms with Gasteiger partial charge in [0.05, 0.1) is 22.7 Å². The van der Waals surface area contributed by atoms with E-state index in [1.807, 2.05) is 0 Å². The van der Waals surface area contributed by atoms with E-state index in [1.54, 1.807) is 24.3 Å². The van der Waals surface area contributed by atoms with E-state index in [4.69, 9.17) is 27.6 Å². The topological polar surface area (TPSA) is 77.0 Å². The van der Waals surface area contributed by atoms with Crippen molar-refractivity contribution >= 4 is 23.2 Å². The van der Waals surface area contributed by atoms with Gasteiger partial charge in [0.15, 0.2) is 22.9 Å². The quantitative estimate of drug-likeness (QED) is 0.244. The van der Waals surface area contributed by atoms with E-state index >= 15 is 0 Å². The van der Waals surface area contributed by atoms with Gasteiger partial charge in [-0.15, -0.1) is 5.10 Å². The molecule has 1 saturated carbocycles. The van der Waals surface area contributed by atoms with Crippen LogP contribution in [-0.4, -0.2) is 25.1 Å². The summed E-state index contributed by atoms with van der Waals surface area (Å²) < 4.78 is 86.1. The van der Waals surface area contributed by atoms with Crippen LogP contribution in [0.25, 0.3) is 11.3 Å². The zero-order chi connectivity index (χ0) is 27.4. The van der Waals surface area contributed by atoms with Gasteiger partial charge in [-0.3, -0.25) is 0 Å². The Morgan fingerprint density at radius 2 is 1.63 bits per heavy atom. The minimum Gasteiger partial charge on any atom is -0.442 e. The molecule has 4 aromatic rings. The van der Waals surface area contributed by atoms with E-state index in [1.165, 1.54) is 0 Å². The SMILES string of the molecule is OC(c1nnn(Cc2cc(C(F)(F)F)cc(C(F)(F)F)c2)c1Cl)c1oc(C2CC2)nc1-c1ccccc1Cl. The highest BCUT2D eigenvalue weighted by atomic mass is 35.5. The number of aromatic nitrogens is 4. The molecule has 5 rings (SSSR count). The Morgan fingerprint density at radius 3 is 2.21 bits per heavy atom.